The van der Waals surface area contributed by atoms with Gasteiger partial charge in [-0.1, -0.05) is 26.0 Å². The number of nitrogens with zero attached hydrogens (tertiary/aromatic N) is 4. The molecule has 1 amide bonds. The van der Waals surface area contributed by atoms with Crippen LogP contribution in [-0.4, -0.2) is 79.2 Å². The first-order valence-corrected chi connectivity index (χ1v) is 13.6. The third-order valence-electron chi connectivity index (χ3n) is 6.05. The van der Waals surface area contributed by atoms with E-state index in [2.05, 4.69) is 14.6 Å². The molecule has 0 unspecified atom stereocenters. The largest absolute Gasteiger partial charge is 0.497 e. The molecule has 3 heterocycles. The maximum absolute atomic E-state index is 13.1. The number of carbonyl (C=O) groups is 2. The molecule has 1 aromatic carbocycles. The zero-order valence-electron chi connectivity index (χ0n) is 22.1. The van der Waals surface area contributed by atoms with Gasteiger partial charge in [0.15, 0.2) is 5.65 Å². The van der Waals surface area contributed by atoms with Gasteiger partial charge in [-0.15, -0.1) is 0 Å². The van der Waals surface area contributed by atoms with Crippen molar-refractivity contribution in [1.82, 2.24) is 19.0 Å². The topological polar surface area (TPSA) is 134 Å². The number of aliphatic carboxylic acids is 1. The van der Waals surface area contributed by atoms with Gasteiger partial charge in [-0.25, -0.2) is 22.9 Å². The van der Waals surface area contributed by atoms with Crippen LogP contribution in [0, 0.1) is 5.92 Å². The summed E-state index contributed by atoms with van der Waals surface area (Å²) in [5.74, 6) is -1.94. The van der Waals surface area contributed by atoms with Crippen LogP contribution in [-0.2, 0) is 26.2 Å². The number of halogens is 3. The second kappa shape index (κ2) is 12.6. The minimum Gasteiger partial charge on any atom is -0.497 e. The Labute approximate surface area is 229 Å². The number of hydrogen-bond donors (Lipinski definition) is 2. The number of pyridine rings is 1. The van der Waals surface area contributed by atoms with Crippen LogP contribution in [0.15, 0.2) is 53.8 Å². The molecule has 1 aliphatic heterocycles. The first kappa shape index (κ1) is 30.7. The predicted molar refractivity (Wildman–Crippen MR) is 140 cm³/mol. The zero-order chi connectivity index (χ0) is 29.7. The van der Waals surface area contributed by atoms with Gasteiger partial charge in [-0.05, 0) is 23.8 Å². The van der Waals surface area contributed by atoms with Crippen molar-refractivity contribution in [2.45, 2.75) is 31.5 Å². The first-order valence-electron chi connectivity index (χ1n) is 12.2. The second-order valence-corrected chi connectivity index (χ2v) is 10.9. The summed E-state index contributed by atoms with van der Waals surface area (Å²) < 4.78 is 67.5. The molecule has 40 heavy (non-hydrogen) atoms. The third-order valence-corrected chi connectivity index (χ3v) is 7.42. The van der Waals surface area contributed by atoms with E-state index < -0.39 is 22.2 Å². The molecule has 0 bridgehead atoms. The fraction of sp³-hybridized carbons (Fsp3) is 0.400. The number of ether oxygens (including phenoxy) is 1. The van der Waals surface area contributed by atoms with E-state index in [1.54, 1.807) is 48.3 Å². The number of alkyl halides is 3. The van der Waals surface area contributed by atoms with Crippen molar-refractivity contribution in [3.8, 4) is 5.75 Å². The fourth-order valence-electron chi connectivity index (χ4n) is 3.91. The van der Waals surface area contributed by atoms with Crippen molar-refractivity contribution in [2.24, 2.45) is 5.92 Å². The molecule has 218 valence electrons. The average Bonchev–Trinajstić information content (AvgIpc) is 3.40. The highest BCUT2D eigenvalue weighted by Crippen LogP contribution is 2.26. The van der Waals surface area contributed by atoms with Crippen molar-refractivity contribution in [3.05, 3.63) is 54.5 Å². The van der Waals surface area contributed by atoms with Gasteiger partial charge in [0, 0.05) is 57.2 Å². The number of rotatable bonds is 7. The Morgan fingerprint density at radius 3 is 2.25 bits per heavy atom. The Balaban J connectivity index is 0.000000559. The number of carbonyl (C=O) groups excluding carboxylic acids is 1. The van der Waals surface area contributed by atoms with Gasteiger partial charge < -0.3 is 24.0 Å². The maximum Gasteiger partial charge on any atom is 0.490 e. The molecule has 2 N–H and O–H groups in total. The van der Waals surface area contributed by atoms with E-state index in [-0.39, 0.29) is 23.3 Å². The summed E-state index contributed by atoms with van der Waals surface area (Å²) in [6.07, 6.45) is -0.126. The summed E-state index contributed by atoms with van der Waals surface area (Å²) in [6.45, 7) is 6.38. The van der Waals surface area contributed by atoms with Crippen molar-refractivity contribution in [1.29, 1.82) is 0 Å². The summed E-state index contributed by atoms with van der Waals surface area (Å²) in [5.41, 5.74) is 2.26. The van der Waals surface area contributed by atoms with Gasteiger partial charge in [0.1, 0.15) is 10.6 Å². The Morgan fingerprint density at radius 1 is 1.12 bits per heavy atom. The first-order chi connectivity index (χ1) is 18.7. The second-order valence-electron chi connectivity index (χ2n) is 9.16. The summed E-state index contributed by atoms with van der Waals surface area (Å²) in [5, 5.41) is 7.12. The van der Waals surface area contributed by atoms with Gasteiger partial charge >= 0.3 is 12.1 Å². The van der Waals surface area contributed by atoms with Crippen molar-refractivity contribution in [2.75, 3.05) is 38.2 Å². The van der Waals surface area contributed by atoms with E-state index in [1.165, 1.54) is 0 Å². The predicted octanol–water partition coefficient (Wildman–Crippen LogP) is 2.76. The number of carboxylic acids is 1. The van der Waals surface area contributed by atoms with E-state index in [9.17, 15) is 26.4 Å². The number of aromatic nitrogens is 2. The van der Waals surface area contributed by atoms with Gasteiger partial charge in [-0.3, -0.25) is 4.79 Å². The number of carboxylic acid groups (broad SMARTS) is 1. The molecule has 3 aromatic rings. The summed E-state index contributed by atoms with van der Waals surface area (Å²) in [7, 11) is -2.17. The van der Waals surface area contributed by atoms with Crippen LogP contribution >= 0.6 is 0 Å². The normalized spacial score (nSPS) is 14.2. The van der Waals surface area contributed by atoms with Gasteiger partial charge in [-0.2, -0.15) is 13.2 Å². The van der Waals surface area contributed by atoms with E-state index in [0.717, 1.165) is 11.3 Å². The lowest BCUT2D eigenvalue weighted by Gasteiger charge is -2.37. The lowest BCUT2D eigenvalue weighted by atomic mass is 10.1. The molecule has 0 saturated carbocycles. The van der Waals surface area contributed by atoms with Crippen molar-refractivity contribution >= 4 is 33.2 Å². The van der Waals surface area contributed by atoms with E-state index in [1.807, 2.05) is 30.9 Å². The zero-order valence-corrected chi connectivity index (χ0v) is 22.9. The molecule has 0 radical (unpaired) electrons. The van der Waals surface area contributed by atoms with Gasteiger partial charge in [0.2, 0.25) is 15.9 Å². The van der Waals surface area contributed by atoms with E-state index in [0.29, 0.717) is 37.6 Å². The van der Waals surface area contributed by atoms with Gasteiger partial charge in [0.05, 0.1) is 12.8 Å². The molecule has 1 saturated heterocycles. The van der Waals surface area contributed by atoms with E-state index >= 15 is 0 Å². The highest BCUT2D eigenvalue weighted by atomic mass is 32.2. The minimum atomic E-state index is -5.08. The average molecular weight is 586 g/mol. The number of fused-ring (bicyclic) bond motifs is 1. The Kier molecular flexibility index (Phi) is 9.63. The highest BCUT2D eigenvalue weighted by Gasteiger charge is 2.38. The Hall–Kier alpha value is -3.85. The van der Waals surface area contributed by atoms with Crippen LogP contribution in [0.5, 0.6) is 5.75 Å². The summed E-state index contributed by atoms with van der Waals surface area (Å²) >= 11 is 0. The molecule has 2 aromatic heterocycles. The monoisotopic (exact) mass is 585 g/mol. The number of nitrogens with one attached hydrogen (secondary N) is 1. The standard InChI is InChI=1S/C23H29N5O4S.C2HF3O2/c1-17(2)23(29)27-12-10-26(11-13-27)21-14-20(16-28-9-8-24-22(21)28)33(30,31)25-15-18-4-6-19(32-3)7-5-18;3-2(4,5)1(6)7/h4-9,14,16-17,25H,10-13,15H2,1-3H3;(H,6,7). The van der Waals surface area contributed by atoms with E-state index in [4.69, 9.17) is 14.6 Å². The lowest BCUT2D eigenvalue weighted by molar-refractivity contribution is -0.192. The van der Waals surface area contributed by atoms with Crippen LogP contribution < -0.4 is 14.4 Å². The van der Waals surface area contributed by atoms with Gasteiger partial charge in [0.25, 0.3) is 0 Å². The maximum atomic E-state index is 13.1. The number of hydrogen-bond acceptors (Lipinski definition) is 7. The van der Waals surface area contributed by atoms with Crippen LogP contribution in [0.3, 0.4) is 0 Å². The number of methoxy groups -OCH3 is 1. The number of imidazole rings is 1. The third kappa shape index (κ3) is 7.63. The summed E-state index contributed by atoms with van der Waals surface area (Å²) in [4.78, 5) is 29.8. The molecule has 11 nitrogen and oxygen atoms in total. The quantitative estimate of drug-likeness (QED) is 0.433. The Morgan fingerprint density at radius 2 is 1.73 bits per heavy atom. The number of amides is 1. The smallest absolute Gasteiger partial charge is 0.490 e. The SMILES string of the molecule is COc1ccc(CNS(=O)(=O)c2cc(N3CCN(C(=O)C(C)C)CC3)c3nccn3c2)cc1.O=C(O)C(F)(F)F. The van der Waals surface area contributed by atoms with Crippen LogP contribution in [0.1, 0.15) is 19.4 Å². The lowest BCUT2D eigenvalue weighted by Crippen LogP contribution is -2.50. The molecule has 1 fully saturated rings. The minimum absolute atomic E-state index is 0.0409. The fourth-order valence-corrected chi connectivity index (χ4v) is 4.95. The molecular weight excluding hydrogens is 555 g/mol. The molecule has 4 rings (SSSR count). The number of benzene rings is 1. The molecular formula is C25H30F3N5O6S. The Bertz CT molecular complexity index is 1430. The molecule has 0 atom stereocenters. The summed E-state index contributed by atoms with van der Waals surface area (Å²) in [6, 6.07) is 8.90. The molecule has 0 spiro atoms. The van der Waals surface area contributed by atoms with Crippen LogP contribution in [0.25, 0.3) is 5.65 Å². The van der Waals surface area contributed by atoms with Crippen molar-refractivity contribution < 1.29 is 41.0 Å². The molecule has 1 aliphatic rings. The van der Waals surface area contributed by atoms with Crippen molar-refractivity contribution in [3.63, 3.8) is 0 Å². The molecule has 15 heteroatoms. The highest BCUT2D eigenvalue weighted by molar-refractivity contribution is 7.89. The number of piperazine rings is 1. The molecule has 0 aliphatic carbocycles. The number of sulfonamides is 1. The number of anilines is 1. The van der Waals surface area contributed by atoms with Crippen LogP contribution in [0.2, 0.25) is 0 Å². The van der Waals surface area contributed by atoms with Crippen LogP contribution in [0.4, 0.5) is 18.9 Å².